The molecule has 1 heterocycles. The van der Waals surface area contributed by atoms with E-state index in [2.05, 4.69) is 42.2 Å². The molecule has 120 valence electrons. The summed E-state index contributed by atoms with van der Waals surface area (Å²) in [5.41, 5.74) is 1.51. The van der Waals surface area contributed by atoms with Crippen LogP contribution in [0.2, 0.25) is 0 Å². The van der Waals surface area contributed by atoms with Crippen molar-refractivity contribution in [1.82, 2.24) is 9.88 Å². The molecule has 21 heavy (non-hydrogen) atoms. The largest absolute Gasteiger partial charge is 0.354 e. The average molecular weight is 290 g/mol. The fourth-order valence-corrected chi connectivity index (χ4v) is 3.14. The monoisotopic (exact) mass is 290 g/mol. The van der Waals surface area contributed by atoms with Gasteiger partial charge in [-0.15, -0.1) is 0 Å². The van der Waals surface area contributed by atoms with Gasteiger partial charge in [0.2, 0.25) is 0 Å². The normalized spacial score (nSPS) is 16.3. The molecule has 1 unspecified atom stereocenters. The van der Waals surface area contributed by atoms with E-state index in [1.165, 1.54) is 69.9 Å². The zero-order valence-electron chi connectivity index (χ0n) is 14.1. The van der Waals surface area contributed by atoms with Crippen LogP contribution in [-0.4, -0.2) is 11.1 Å². The second-order valence-electron chi connectivity index (χ2n) is 6.72. The lowest BCUT2D eigenvalue weighted by Gasteiger charge is -2.16. The van der Waals surface area contributed by atoms with Crippen LogP contribution in [0.1, 0.15) is 83.2 Å². The molecule has 1 aromatic heterocycles. The van der Waals surface area contributed by atoms with Crippen molar-refractivity contribution in [3.63, 3.8) is 0 Å². The van der Waals surface area contributed by atoms with E-state index in [4.69, 9.17) is 0 Å². The topological polar surface area (TPSA) is 17.0 Å². The maximum atomic E-state index is 3.74. The Morgan fingerprint density at radius 3 is 2.57 bits per heavy atom. The summed E-state index contributed by atoms with van der Waals surface area (Å²) in [6.45, 7) is 6.87. The number of aryl methyl sites for hydroxylation is 1. The molecule has 0 aromatic carbocycles. The molecular weight excluding hydrogens is 256 g/mol. The molecule has 1 atom stereocenters. The molecule has 0 spiro atoms. The number of hydrogen-bond donors (Lipinski definition) is 1. The van der Waals surface area contributed by atoms with Gasteiger partial charge in [-0.05, 0) is 49.8 Å². The van der Waals surface area contributed by atoms with Gasteiger partial charge in [-0.2, -0.15) is 0 Å². The van der Waals surface area contributed by atoms with Gasteiger partial charge >= 0.3 is 0 Å². The Hall–Kier alpha value is -0.760. The first kappa shape index (κ1) is 16.6. The van der Waals surface area contributed by atoms with E-state index in [9.17, 15) is 0 Å². The molecule has 0 saturated heterocycles. The first-order chi connectivity index (χ1) is 10.3. The smallest absolute Gasteiger partial charge is 0.0363 e. The fraction of sp³-hybridized carbons (Fsp3) is 0.789. The van der Waals surface area contributed by atoms with E-state index in [-0.39, 0.29) is 0 Å². The van der Waals surface area contributed by atoms with E-state index < -0.39 is 0 Å². The lowest BCUT2D eigenvalue weighted by Crippen LogP contribution is -2.23. The quantitative estimate of drug-likeness (QED) is 0.517. The highest BCUT2D eigenvalue weighted by molar-refractivity contribution is 5.18. The molecule has 0 amide bonds. The van der Waals surface area contributed by atoms with Crippen molar-refractivity contribution in [3.8, 4) is 0 Å². The minimum absolute atomic E-state index is 0.607. The van der Waals surface area contributed by atoms with Gasteiger partial charge in [0.1, 0.15) is 0 Å². The summed E-state index contributed by atoms with van der Waals surface area (Å²) in [5.74, 6) is 0.890. The van der Waals surface area contributed by atoms with Crippen LogP contribution in [0.25, 0.3) is 0 Å². The summed E-state index contributed by atoms with van der Waals surface area (Å²) in [6, 6.07) is 2.94. The molecule has 1 aromatic rings. The highest BCUT2D eigenvalue weighted by atomic mass is 15.0. The molecule has 1 saturated carbocycles. The highest BCUT2D eigenvalue weighted by Crippen LogP contribution is 2.41. The van der Waals surface area contributed by atoms with Gasteiger partial charge in [0, 0.05) is 25.0 Å². The summed E-state index contributed by atoms with van der Waals surface area (Å²) in [6.07, 6.45) is 17.0. The summed E-state index contributed by atoms with van der Waals surface area (Å²) < 4.78 is 2.40. The third kappa shape index (κ3) is 5.86. The summed E-state index contributed by atoms with van der Waals surface area (Å²) >= 11 is 0. The number of hydrogen-bond acceptors (Lipinski definition) is 1. The standard InChI is InChI=1S/C19H34N2/c1-3-5-6-7-8-9-14-21-15-12-18(16-21)19(17-10-11-17)20-13-4-2/h12,15-17,19-20H,3-11,13-14H2,1-2H3. The molecule has 0 aliphatic heterocycles. The Morgan fingerprint density at radius 1 is 1.10 bits per heavy atom. The van der Waals surface area contributed by atoms with Crippen LogP contribution in [0.3, 0.4) is 0 Å². The number of aromatic nitrogens is 1. The molecule has 1 aliphatic rings. The van der Waals surface area contributed by atoms with Gasteiger partial charge in [-0.1, -0.05) is 46.0 Å². The van der Waals surface area contributed by atoms with Crippen LogP contribution in [0.15, 0.2) is 18.5 Å². The number of nitrogens with one attached hydrogen (secondary N) is 1. The van der Waals surface area contributed by atoms with Crippen LogP contribution in [0.5, 0.6) is 0 Å². The number of unbranched alkanes of at least 4 members (excludes halogenated alkanes) is 5. The van der Waals surface area contributed by atoms with Crippen LogP contribution in [0, 0.1) is 5.92 Å². The molecule has 1 N–H and O–H groups in total. The second-order valence-corrected chi connectivity index (χ2v) is 6.72. The molecule has 1 fully saturated rings. The van der Waals surface area contributed by atoms with E-state index >= 15 is 0 Å². The predicted molar refractivity (Wildman–Crippen MR) is 91.6 cm³/mol. The first-order valence-corrected chi connectivity index (χ1v) is 9.24. The SMILES string of the molecule is CCCCCCCCn1ccc(C(NCCC)C2CC2)c1. The average Bonchev–Trinajstić information content (AvgIpc) is 3.22. The first-order valence-electron chi connectivity index (χ1n) is 9.24. The van der Waals surface area contributed by atoms with Gasteiger partial charge < -0.3 is 9.88 Å². The maximum Gasteiger partial charge on any atom is 0.0363 e. The Kier molecular flexibility index (Phi) is 7.35. The van der Waals surface area contributed by atoms with E-state index in [0.29, 0.717) is 6.04 Å². The lowest BCUT2D eigenvalue weighted by atomic mass is 10.1. The van der Waals surface area contributed by atoms with Crippen molar-refractivity contribution < 1.29 is 0 Å². The summed E-state index contributed by atoms with van der Waals surface area (Å²) in [4.78, 5) is 0. The van der Waals surface area contributed by atoms with Crippen molar-refractivity contribution in [1.29, 1.82) is 0 Å². The van der Waals surface area contributed by atoms with Gasteiger partial charge in [-0.3, -0.25) is 0 Å². The zero-order valence-corrected chi connectivity index (χ0v) is 14.1. The molecule has 2 rings (SSSR count). The molecule has 2 heteroatoms. The zero-order chi connectivity index (χ0) is 14.9. The minimum atomic E-state index is 0.607. The molecule has 1 aliphatic carbocycles. The number of nitrogens with zero attached hydrogens (tertiary/aromatic N) is 1. The van der Waals surface area contributed by atoms with E-state index in [0.717, 1.165) is 12.5 Å². The Morgan fingerprint density at radius 2 is 1.86 bits per heavy atom. The Balaban J connectivity index is 1.72. The van der Waals surface area contributed by atoms with Crippen molar-refractivity contribution in [3.05, 3.63) is 24.0 Å². The third-order valence-electron chi connectivity index (χ3n) is 4.61. The second kappa shape index (κ2) is 9.30. The summed E-state index contributed by atoms with van der Waals surface area (Å²) in [5, 5.41) is 3.74. The van der Waals surface area contributed by atoms with Crippen molar-refractivity contribution >= 4 is 0 Å². The summed E-state index contributed by atoms with van der Waals surface area (Å²) in [7, 11) is 0. The third-order valence-corrected chi connectivity index (χ3v) is 4.61. The van der Waals surface area contributed by atoms with Crippen molar-refractivity contribution in [2.45, 2.75) is 84.2 Å². The van der Waals surface area contributed by atoms with Crippen LogP contribution < -0.4 is 5.32 Å². The van der Waals surface area contributed by atoms with E-state index in [1.54, 1.807) is 0 Å². The van der Waals surface area contributed by atoms with Crippen LogP contribution in [0.4, 0.5) is 0 Å². The van der Waals surface area contributed by atoms with Gasteiger partial charge in [-0.25, -0.2) is 0 Å². The Labute approximate surface area is 131 Å². The number of rotatable bonds is 12. The minimum Gasteiger partial charge on any atom is -0.354 e. The lowest BCUT2D eigenvalue weighted by molar-refractivity contribution is 0.479. The van der Waals surface area contributed by atoms with Crippen LogP contribution in [-0.2, 0) is 6.54 Å². The van der Waals surface area contributed by atoms with Gasteiger partial charge in [0.15, 0.2) is 0 Å². The fourth-order valence-electron chi connectivity index (χ4n) is 3.14. The molecular formula is C19H34N2. The molecule has 0 bridgehead atoms. The van der Waals surface area contributed by atoms with Crippen LogP contribution >= 0.6 is 0 Å². The van der Waals surface area contributed by atoms with Gasteiger partial charge in [0.05, 0.1) is 0 Å². The predicted octanol–water partition coefficient (Wildman–Crippen LogP) is 5.30. The van der Waals surface area contributed by atoms with E-state index in [1.807, 2.05) is 0 Å². The van der Waals surface area contributed by atoms with Crippen molar-refractivity contribution in [2.75, 3.05) is 6.54 Å². The molecule has 2 nitrogen and oxygen atoms in total. The highest BCUT2D eigenvalue weighted by Gasteiger charge is 2.32. The Bertz CT molecular complexity index is 379. The maximum absolute atomic E-state index is 3.74. The molecule has 0 radical (unpaired) electrons. The van der Waals surface area contributed by atoms with Gasteiger partial charge in [0.25, 0.3) is 0 Å². The van der Waals surface area contributed by atoms with Crippen molar-refractivity contribution in [2.24, 2.45) is 5.92 Å².